The normalized spacial score (nSPS) is 20.4. The molecule has 0 amide bonds. The van der Waals surface area contributed by atoms with E-state index in [0.717, 1.165) is 12.8 Å². The number of hydrogen-bond acceptors (Lipinski definition) is 2. The minimum atomic E-state index is -0.152. The van der Waals surface area contributed by atoms with Crippen LogP contribution < -0.4 is 29.6 Å². The molecule has 1 fully saturated rings. The fourth-order valence-electron chi connectivity index (χ4n) is 1.23. The SMILES string of the molecule is O=POC1CCCCC1.[H-].[Na+]. The Morgan fingerprint density at radius 3 is 2.40 bits per heavy atom. The van der Waals surface area contributed by atoms with Crippen LogP contribution in [0.4, 0.5) is 0 Å². The van der Waals surface area contributed by atoms with Crippen molar-refractivity contribution < 1.29 is 40.1 Å². The molecule has 0 N–H and O–H groups in total. The number of rotatable bonds is 2. The van der Waals surface area contributed by atoms with Crippen LogP contribution >= 0.6 is 8.69 Å². The largest absolute Gasteiger partial charge is 1.00 e. The van der Waals surface area contributed by atoms with Crippen LogP contribution in [0.1, 0.15) is 33.5 Å². The molecule has 0 unspecified atom stereocenters. The van der Waals surface area contributed by atoms with Gasteiger partial charge in [-0.2, -0.15) is 0 Å². The minimum Gasteiger partial charge on any atom is -1.00 e. The Hall–Kier alpha value is 1.06. The quantitative estimate of drug-likeness (QED) is 0.418. The standard InChI is InChI=1S/C6H11O2P.Na.H/c7-9-8-6-4-2-1-3-5-6;;/h6H,1-5H2;;/q;+1;-1. The Balaban J connectivity index is 0. The average Bonchev–Trinajstić information content (AvgIpc) is 1.91. The summed E-state index contributed by atoms with van der Waals surface area (Å²) in [5.74, 6) is 0. The van der Waals surface area contributed by atoms with E-state index < -0.39 is 0 Å². The second-order valence-electron chi connectivity index (χ2n) is 2.44. The first-order valence-corrected chi connectivity index (χ1v) is 4.15. The van der Waals surface area contributed by atoms with E-state index in [-0.39, 0.29) is 45.8 Å². The van der Waals surface area contributed by atoms with Gasteiger partial charge in [0, 0.05) is 0 Å². The third-order valence-corrected chi connectivity index (χ3v) is 2.13. The summed E-state index contributed by atoms with van der Waals surface area (Å²) in [7, 11) is -0.152. The molecule has 1 saturated carbocycles. The summed E-state index contributed by atoms with van der Waals surface area (Å²) in [6, 6.07) is 0. The van der Waals surface area contributed by atoms with Crippen molar-refractivity contribution in [2.45, 2.75) is 38.2 Å². The second kappa shape index (κ2) is 6.75. The summed E-state index contributed by atoms with van der Waals surface area (Å²) in [5, 5.41) is 0. The molecule has 10 heavy (non-hydrogen) atoms. The summed E-state index contributed by atoms with van der Waals surface area (Å²) in [4.78, 5) is 0. The molecular weight excluding hydrogens is 158 g/mol. The molecule has 4 heteroatoms. The van der Waals surface area contributed by atoms with E-state index in [1.54, 1.807) is 0 Å². The van der Waals surface area contributed by atoms with Gasteiger partial charge in [-0.1, -0.05) is 19.3 Å². The molecule has 54 valence electrons. The molecule has 0 atom stereocenters. The van der Waals surface area contributed by atoms with Crippen LogP contribution in [0.25, 0.3) is 0 Å². The summed E-state index contributed by atoms with van der Waals surface area (Å²) >= 11 is 0. The monoisotopic (exact) mass is 170 g/mol. The van der Waals surface area contributed by atoms with Crippen molar-refractivity contribution in [1.29, 1.82) is 0 Å². The Morgan fingerprint density at radius 1 is 1.30 bits per heavy atom. The minimum absolute atomic E-state index is 0. The van der Waals surface area contributed by atoms with E-state index in [2.05, 4.69) is 0 Å². The van der Waals surface area contributed by atoms with Gasteiger partial charge in [0.15, 0.2) is 0 Å². The van der Waals surface area contributed by atoms with Gasteiger partial charge in [0.1, 0.15) is 0 Å². The molecule has 0 bridgehead atoms. The van der Waals surface area contributed by atoms with E-state index in [1.165, 1.54) is 19.3 Å². The van der Waals surface area contributed by atoms with Crippen LogP contribution in [0.2, 0.25) is 0 Å². The third-order valence-electron chi connectivity index (χ3n) is 1.74. The molecular formula is C6H12NaO2P. The first-order valence-electron chi connectivity index (χ1n) is 3.42. The molecule has 0 aromatic rings. The van der Waals surface area contributed by atoms with Crippen LogP contribution in [0, 0.1) is 0 Å². The van der Waals surface area contributed by atoms with Gasteiger partial charge in [-0.25, -0.2) is 4.57 Å². The van der Waals surface area contributed by atoms with Gasteiger partial charge in [-0.3, -0.25) is 4.52 Å². The van der Waals surface area contributed by atoms with E-state index in [0.29, 0.717) is 0 Å². The molecule has 0 aromatic carbocycles. The molecule has 1 aliphatic carbocycles. The van der Waals surface area contributed by atoms with Crippen molar-refractivity contribution in [2.75, 3.05) is 0 Å². The third kappa shape index (κ3) is 4.05. The van der Waals surface area contributed by atoms with E-state index in [9.17, 15) is 4.57 Å². The van der Waals surface area contributed by atoms with Crippen molar-refractivity contribution in [3.05, 3.63) is 0 Å². The molecule has 1 rings (SSSR count). The van der Waals surface area contributed by atoms with Crippen LogP contribution in [0.3, 0.4) is 0 Å². The van der Waals surface area contributed by atoms with Crippen molar-refractivity contribution in [3.63, 3.8) is 0 Å². The Bertz CT molecular complexity index is 98.6. The topological polar surface area (TPSA) is 26.3 Å². The van der Waals surface area contributed by atoms with Gasteiger partial charge >= 0.3 is 38.2 Å². The summed E-state index contributed by atoms with van der Waals surface area (Å²) < 4.78 is 14.8. The first kappa shape index (κ1) is 11.1. The smallest absolute Gasteiger partial charge is 1.00 e. The zero-order valence-electron chi connectivity index (χ0n) is 7.38. The summed E-state index contributed by atoms with van der Waals surface area (Å²) in [6.45, 7) is 0. The van der Waals surface area contributed by atoms with Crippen LogP contribution in [-0.2, 0) is 9.09 Å². The molecule has 0 spiro atoms. The van der Waals surface area contributed by atoms with E-state index >= 15 is 0 Å². The average molecular weight is 170 g/mol. The maximum Gasteiger partial charge on any atom is 1.00 e. The molecule has 2 nitrogen and oxygen atoms in total. The molecule has 0 aromatic heterocycles. The maximum absolute atomic E-state index is 9.95. The zero-order valence-corrected chi connectivity index (χ0v) is 9.27. The first-order chi connectivity index (χ1) is 4.43. The molecule has 0 radical (unpaired) electrons. The maximum atomic E-state index is 9.95. The Labute approximate surface area is 86.8 Å². The molecule has 0 saturated heterocycles. The van der Waals surface area contributed by atoms with Gasteiger partial charge < -0.3 is 1.43 Å². The van der Waals surface area contributed by atoms with Crippen LogP contribution in [0.5, 0.6) is 0 Å². The van der Waals surface area contributed by atoms with Crippen molar-refractivity contribution in [1.82, 2.24) is 0 Å². The summed E-state index contributed by atoms with van der Waals surface area (Å²) in [6.07, 6.45) is 6.25. The van der Waals surface area contributed by atoms with E-state index in [4.69, 9.17) is 4.52 Å². The van der Waals surface area contributed by atoms with Crippen LogP contribution in [-0.4, -0.2) is 6.10 Å². The van der Waals surface area contributed by atoms with Crippen molar-refractivity contribution >= 4 is 8.69 Å². The predicted molar refractivity (Wildman–Crippen MR) is 36.7 cm³/mol. The predicted octanol–water partition coefficient (Wildman–Crippen LogP) is -0.341. The fraction of sp³-hybridized carbons (Fsp3) is 1.00. The fourth-order valence-corrected chi connectivity index (χ4v) is 1.56. The van der Waals surface area contributed by atoms with Gasteiger partial charge in [0.05, 0.1) is 6.10 Å². The van der Waals surface area contributed by atoms with Gasteiger partial charge in [-0.05, 0) is 12.8 Å². The van der Waals surface area contributed by atoms with Crippen molar-refractivity contribution in [2.24, 2.45) is 0 Å². The Kier molecular flexibility index (Phi) is 7.47. The van der Waals surface area contributed by atoms with Crippen LogP contribution in [0.15, 0.2) is 0 Å². The zero-order chi connectivity index (χ0) is 6.53. The molecule has 0 aliphatic heterocycles. The van der Waals surface area contributed by atoms with Gasteiger partial charge in [-0.15, -0.1) is 0 Å². The second-order valence-corrected chi connectivity index (χ2v) is 2.80. The Morgan fingerprint density at radius 2 is 1.90 bits per heavy atom. The summed E-state index contributed by atoms with van der Waals surface area (Å²) in [5.41, 5.74) is 0. The van der Waals surface area contributed by atoms with Gasteiger partial charge in [0.25, 0.3) is 0 Å². The molecule has 1 aliphatic rings. The van der Waals surface area contributed by atoms with E-state index in [1.807, 2.05) is 0 Å². The molecule has 0 heterocycles. The number of hydrogen-bond donors (Lipinski definition) is 0. The van der Waals surface area contributed by atoms with Gasteiger partial charge in [0.2, 0.25) is 0 Å². The van der Waals surface area contributed by atoms with Crippen molar-refractivity contribution in [3.8, 4) is 0 Å².